The average molecular weight is 568 g/mol. The molecule has 11 nitrogen and oxygen atoms in total. The molecule has 1 aromatic carbocycles. The third kappa shape index (κ3) is 6.99. The van der Waals surface area contributed by atoms with Gasteiger partial charge < -0.3 is 29.0 Å². The normalized spacial score (nSPS) is 14.9. The summed E-state index contributed by atoms with van der Waals surface area (Å²) in [5.74, 6) is 1.24. The lowest BCUT2D eigenvalue weighted by atomic mass is 10.1. The molecule has 3 amide bonds. The molecule has 212 valence electrons. The Kier molecular flexibility index (Phi) is 8.66. The Bertz CT molecular complexity index is 1330. The van der Waals surface area contributed by atoms with Crippen molar-refractivity contribution in [3.05, 3.63) is 59.0 Å². The zero-order chi connectivity index (χ0) is 28.1. The number of anilines is 1. The van der Waals surface area contributed by atoms with Gasteiger partial charge in [-0.15, -0.1) is 11.3 Å². The molecular formula is C28H33N5O6S. The van der Waals surface area contributed by atoms with Gasteiger partial charge in [-0.3, -0.25) is 19.3 Å². The minimum Gasteiger partial charge on any atom is -0.459 e. The second kappa shape index (κ2) is 12.5. The van der Waals surface area contributed by atoms with Crippen molar-refractivity contribution in [2.45, 2.75) is 26.8 Å². The molecule has 3 aromatic rings. The molecular weight excluding hydrogens is 534 g/mol. The monoisotopic (exact) mass is 567 g/mol. The minimum absolute atomic E-state index is 0.0121. The molecule has 0 spiro atoms. The number of hydrogen-bond donors (Lipinski definition) is 1. The van der Waals surface area contributed by atoms with E-state index in [1.807, 2.05) is 36.9 Å². The third-order valence-corrected chi connectivity index (χ3v) is 7.44. The Labute approximate surface area is 236 Å². The van der Waals surface area contributed by atoms with Crippen molar-refractivity contribution < 1.29 is 28.3 Å². The first-order chi connectivity index (χ1) is 19.3. The van der Waals surface area contributed by atoms with Gasteiger partial charge in [0.25, 0.3) is 5.91 Å². The highest BCUT2D eigenvalue weighted by Crippen LogP contribution is 2.33. The Morgan fingerprint density at radius 1 is 1.10 bits per heavy atom. The van der Waals surface area contributed by atoms with Crippen LogP contribution >= 0.6 is 11.3 Å². The number of piperazine rings is 1. The SMILES string of the molecule is CC(C)CN(CC(=O)Nc1nc(CC(=O)N2CCN(Cc3ccc4c(c3)OCO4)CC2)cs1)C(=O)c1ccco1. The third-order valence-electron chi connectivity index (χ3n) is 6.64. The maximum atomic E-state index is 12.9. The van der Waals surface area contributed by atoms with Gasteiger partial charge in [-0.1, -0.05) is 19.9 Å². The summed E-state index contributed by atoms with van der Waals surface area (Å²) in [5.41, 5.74) is 1.76. The largest absolute Gasteiger partial charge is 0.459 e. The summed E-state index contributed by atoms with van der Waals surface area (Å²) in [6.07, 6.45) is 1.60. The van der Waals surface area contributed by atoms with Crippen LogP contribution in [-0.4, -0.2) is 83.5 Å². The Balaban J connectivity index is 1.08. The fourth-order valence-corrected chi connectivity index (χ4v) is 5.44. The standard InChI is InChI=1S/C28H33N5O6S/c1-19(2)14-33(27(36)23-4-3-11-37-23)16-25(34)30-28-29-21(17-40-28)13-26(35)32-9-7-31(8-10-32)15-20-5-6-22-24(12-20)39-18-38-22/h3-6,11-12,17,19H,7-10,13-16,18H2,1-2H3,(H,29,30,34). The van der Waals surface area contributed by atoms with Crippen LogP contribution in [0.25, 0.3) is 0 Å². The molecule has 2 aliphatic heterocycles. The minimum atomic E-state index is -0.355. The highest BCUT2D eigenvalue weighted by molar-refractivity contribution is 7.13. The van der Waals surface area contributed by atoms with E-state index in [1.54, 1.807) is 17.5 Å². The number of carbonyl (C=O) groups excluding carboxylic acids is 3. The number of fused-ring (bicyclic) bond motifs is 1. The number of ether oxygens (including phenoxy) is 2. The molecule has 4 heterocycles. The van der Waals surface area contributed by atoms with Crippen LogP contribution in [0.2, 0.25) is 0 Å². The van der Waals surface area contributed by atoms with E-state index in [9.17, 15) is 14.4 Å². The zero-order valence-electron chi connectivity index (χ0n) is 22.6. The lowest BCUT2D eigenvalue weighted by molar-refractivity contribution is -0.132. The van der Waals surface area contributed by atoms with Gasteiger partial charge in [0.05, 0.1) is 18.4 Å². The Morgan fingerprint density at radius 2 is 1.90 bits per heavy atom. The molecule has 0 bridgehead atoms. The molecule has 5 rings (SSSR count). The molecule has 0 saturated carbocycles. The zero-order valence-corrected chi connectivity index (χ0v) is 23.4. The van der Waals surface area contributed by atoms with Gasteiger partial charge in [-0.25, -0.2) is 4.98 Å². The van der Waals surface area contributed by atoms with Crippen LogP contribution in [0.3, 0.4) is 0 Å². The van der Waals surface area contributed by atoms with Crippen molar-refractivity contribution in [1.29, 1.82) is 0 Å². The van der Waals surface area contributed by atoms with Gasteiger partial charge in [0.2, 0.25) is 18.6 Å². The second-order valence-electron chi connectivity index (χ2n) is 10.3. The summed E-state index contributed by atoms with van der Waals surface area (Å²) in [4.78, 5) is 48.5. The number of aromatic nitrogens is 1. The number of thiazole rings is 1. The van der Waals surface area contributed by atoms with Crippen molar-refractivity contribution in [3.8, 4) is 11.5 Å². The van der Waals surface area contributed by atoms with E-state index in [2.05, 4.69) is 15.2 Å². The topological polar surface area (TPSA) is 117 Å². The summed E-state index contributed by atoms with van der Waals surface area (Å²) in [6, 6.07) is 9.21. The number of benzene rings is 1. The summed E-state index contributed by atoms with van der Waals surface area (Å²) in [7, 11) is 0. The first-order valence-electron chi connectivity index (χ1n) is 13.3. The van der Waals surface area contributed by atoms with Crippen molar-refractivity contribution in [3.63, 3.8) is 0 Å². The van der Waals surface area contributed by atoms with E-state index < -0.39 is 0 Å². The first kappa shape index (κ1) is 27.7. The maximum absolute atomic E-state index is 12.9. The number of rotatable bonds is 10. The molecule has 1 saturated heterocycles. The van der Waals surface area contributed by atoms with Gasteiger partial charge in [-0.2, -0.15) is 0 Å². The van der Waals surface area contributed by atoms with Gasteiger partial charge >= 0.3 is 0 Å². The maximum Gasteiger partial charge on any atom is 0.290 e. The lowest BCUT2D eigenvalue weighted by Gasteiger charge is -2.34. The molecule has 0 unspecified atom stereocenters. The summed E-state index contributed by atoms with van der Waals surface area (Å²) < 4.78 is 16.1. The molecule has 1 N–H and O–H groups in total. The quantitative estimate of drug-likeness (QED) is 0.397. The van der Waals surface area contributed by atoms with Crippen LogP contribution in [0.15, 0.2) is 46.4 Å². The first-order valence-corrected chi connectivity index (χ1v) is 14.2. The van der Waals surface area contributed by atoms with E-state index >= 15 is 0 Å². The van der Waals surface area contributed by atoms with Gasteiger partial charge in [-0.05, 0) is 35.7 Å². The summed E-state index contributed by atoms with van der Waals surface area (Å²) in [6.45, 7) is 8.14. The molecule has 0 aliphatic carbocycles. The molecule has 1 fully saturated rings. The second-order valence-corrected chi connectivity index (χ2v) is 11.1. The fraction of sp³-hybridized carbons (Fsp3) is 0.429. The van der Waals surface area contributed by atoms with Crippen LogP contribution in [0.4, 0.5) is 5.13 Å². The van der Waals surface area contributed by atoms with Crippen LogP contribution in [0.5, 0.6) is 11.5 Å². The highest BCUT2D eigenvalue weighted by atomic mass is 32.1. The summed E-state index contributed by atoms with van der Waals surface area (Å²) >= 11 is 1.26. The molecule has 0 radical (unpaired) electrons. The van der Waals surface area contributed by atoms with E-state index in [0.717, 1.165) is 36.7 Å². The van der Waals surface area contributed by atoms with Crippen LogP contribution in [-0.2, 0) is 22.6 Å². The highest BCUT2D eigenvalue weighted by Gasteiger charge is 2.24. The number of hydrogen-bond acceptors (Lipinski definition) is 9. The van der Waals surface area contributed by atoms with E-state index in [4.69, 9.17) is 13.9 Å². The average Bonchev–Trinajstić information content (AvgIpc) is 3.70. The van der Waals surface area contributed by atoms with Gasteiger partial charge in [0.15, 0.2) is 22.4 Å². The van der Waals surface area contributed by atoms with Crippen LogP contribution in [0.1, 0.15) is 35.7 Å². The molecule has 2 aliphatic rings. The predicted molar refractivity (Wildman–Crippen MR) is 148 cm³/mol. The molecule has 12 heteroatoms. The van der Waals surface area contributed by atoms with E-state index in [1.165, 1.54) is 22.5 Å². The Hall–Kier alpha value is -3.90. The van der Waals surface area contributed by atoms with E-state index in [0.29, 0.717) is 30.5 Å². The van der Waals surface area contributed by atoms with Crippen molar-refractivity contribution in [2.75, 3.05) is 51.4 Å². The van der Waals surface area contributed by atoms with Crippen LogP contribution in [0, 0.1) is 5.92 Å². The van der Waals surface area contributed by atoms with Gasteiger partial charge in [0, 0.05) is 44.6 Å². The molecule has 40 heavy (non-hydrogen) atoms. The lowest BCUT2D eigenvalue weighted by Crippen LogP contribution is -2.48. The predicted octanol–water partition coefficient (Wildman–Crippen LogP) is 3.09. The number of nitrogens with zero attached hydrogens (tertiary/aromatic N) is 4. The van der Waals surface area contributed by atoms with Crippen molar-refractivity contribution >= 4 is 34.2 Å². The van der Waals surface area contributed by atoms with Crippen molar-refractivity contribution in [2.24, 2.45) is 5.92 Å². The molecule has 2 aromatic heterocycles. The Morgan fingerprint density at radius 3 is 2.65 bits per heavy atom. The summed E-state index contributed by atoms with van der Waals surface area (Å²) in [5, 5.41) is 4.94. The smallest absolute Gasteiger partial charge is 0.290 e. The fourth-order valence-electron chi connectivity index (χ4n) is 4.71. The number of nitrogens with one attached hydrogen (secondary N) is 1. The van der Waals surface area contributed by atoms with Crippen LogP contribution < -0.4 is 14.8 Å². The number of furan rings is 1. The van der Waals surface area contributed by atoms with Gasteiger partial charge in [0.1, 0.15) is 6.54 Å². The van der Waals surface area contributed by atoms with Crippen molar-refractivity contribution in [1.82, 2.24) is 19.7 Å². The molecule has 0 atom stereocenters. The van der Waals surface area contributed by atoms with E-state index in [-0.39, 0.29) is 49.2 Å². The number of carbonyl (C=O) groups is 3. The number of amides is 3.